The number of carbonyl (C=O) groups is 2. The predicted octanol–water partition coefficient (Wildman–Crippen LogP) is 2.66. The first-order chi connectivity index (χ1) is 12.6. The summed E-state index contributed by atoms with van der Waals surface area (Å²) >= 11 is -0.334. The van der Waals surface area contributed by atoms with Gasteiger partial charge in [0.1, 0.15) is 0 Å². The SMILES string of the molecule is C[As]C(=O)c1cccc(-c2ccc(C(=O)N[C@H]3CN4CCC3CC4)o2)c1. The van der Waals surface area contributed by atoms with Gasteiger partial charge in [-0.25, -0.2) is 0 Å². The molecule has 0 unspecified atom stereocenters. The number of furan rings is 1. The Bertz CT molecular complexity index is 824. The second kappa shape index (κ2) is 7.42. The van der Waals surface area contributed by atoms with Crippen LogP contribution in [-0.4, -0.2) is 56.8 Å². The summed E-state index contributed by atoms with van der Waals surface area (Å²) in [5.74, 6) is 1.37. The molecule has 2 bridgehead atoms. The number of nitrogens with one attached hydrogen (secondary N) is 1. The Balaban J connectivity index is 1.47. The maximum absolute atomic E-state index is 12.6. The first-order valence-electron chi connectivity index (χ1n) is 9.01. The van der Waals surface area contributed by atoms with Crippen LogP contribution in [0.5, 0.6) is 0 Å². The molecule has 2 aromatic rings. The van der Waals surface area contributed by atoms with Gasteiger partial charge in [0.2, 0.25) is 0 Å². The van der Waals surface area contributed by atoms with Gasteiger partial charge in [0.25, 0.3) is 0 Å². The number of rotatable bonds is 5. The summed E-state index contributed by atoms with van der Waals surface area (Å²) in [5.41, 5.74) is 3.47. The Kier molecular flexibility index (Phi) is 5.01. The van der Waals surface area contributed by atoms with Crippen LogP contribution < -0.4 is 5.32 Å². The molecule has 1 amide bonds. The van der Waals surface area contributed by atoms with E-state index >= 15 is 0 Å². The summed E-state index contributed by atoms with van der Waals surface area (Å²) in [6.45, 7) is 3.24. The van der Waals surface area contributed by atoms with Crippen molar-refractivity contribution in [1.82, 2.24) is 10.2 Å². The van der Waals surface area contributed by atoms with Gasteiger partial charge in [0.15, 0.2) is 0 Å². The summed E-state index contributed by atoms with van der Waals surface area (Å²) in [7, 11) is 0. The summed E-state index contributed by atoms with van der Waals surface area (Å²) < 4.78 is 5.98. The van der Waals surface area contributed by atoms with Crippen LogP contribution >= 0.6 is 0 Å². The number of hydrogen-bond donors (Lipinski definition) is 1. The van der Waals surface area contributed by atoms with E-state index in [1.807, 2.05) is 30.0 Å². The van der Waals surface area contributed by atoms with Gasteiger partial charge in [-0.05, 0) is 13.1 Å². The molecule has 1 N–H and O–H groups in total. The van der Waals surface area contributed by atoms with Crippen LogP contribution in [0.4, 0.5) is 0 Å². The molecule has 6 heteroatoms. The predicted molar refractivity (Wildman–Crippen MR) is 101 cm³/mol. The third-order valence-electron chi connectivity index (χ3n) is 5.40. The zero-order valence-corrected chi connectivity index (χ0v) is 16.7. The second-order valence-electron chi connectivity index (χ2n) is 6.99. The maximum atomic E-state index is 12.6. The van der Waals surface area contributed by atoms with Crippen molar-refractivity contribution in [3.8, 4) is 11.3 Å². The number of benzene rings is 1. The first-order valence-corrected chi connectivity index (χ1v) is 11.8. The molecule has 0 saturated carbocycles. The molecule has 1 aromatic heterocycles. The number of hydrogen-bond acceptors (Lipinski definition) is 4. The van der Waals surface area contributed by atoms with Crippen molar-refractivity contribution in [1.29, 1.82) is 0 Å². The Morgan fingerprint density at radius 1 is 1.19 bits per heavy atom. The molecule has 4 heterocycles. The van der Waals surface area contributed by atoms with Crippen LogP contribution in [-0.2, 0) is 0 Å². The average Bonchev–Trinajstić information content (AvgIpc) is 3.19. The van der Waals surface area contributed by atoms with Gasteiger partial charge in [-0.3, -0.25) is 0 Å². The zero-order valence-electron chi connectivity index (χ0n) is 14.8. The fourth-order valence-electron chi connectivity index (χ4n) is 3.92. The minimum absolute atomic E-state index is 0.152. The third-order valence-corrected chi connectivity index (χ3v) is 6.79. The molecule has 0 aliphatic carbocycles. The van der Waals surface area contributed by atoms with Crippen LogP contribution in [0.15, 0.2) is 40.8 Å². The molecule has 1 atom stereocenters. The van der Waals surface area contributed by atoms with Gasteiger partial charge in [0, 0.05) is 0 Å². The van der Waals surface area contributed by atoms with Gasteiger partial charge in [-0.2, -0.15) is 0 Å². The van der Waals surface area contributed by atoms with Gasteiger partial charge in [0.05, 0.1) is 0 Å². The van der Waals surface area contributed by atoms with Crippen molar-refractivity contribution in [3.05, 3.63) is 47.7 Å². The molecule has 5 rings (SSSR count). The molecule has 5 nitrogen and oxygen atoms in total. The van der Waals surface area contributed by atoms with Crippen molar-refractivity contribution in [3.63, 3.8) is 0 Å². The molecule has 3 fully saturated rings. The van der Waals surface area contributed by atoms with Crippen molar-refractivity contribution in [2.75, 3.05) is 19.6 Å². The van der Waals surface area contributed by atoms with E-state index in [0.29, 0.717) is 23.0 Å². The van der Waals surface area contributed by atoms with Crippen molar-refractivity contribution in [2.45, 2.75) is 24.6 Å². The molecule has 1 radical (unpaired) electrons. The van der Waals surface area contributed by atoms with E-state index in [9.17, 15) is 9.59 Å². The third kappa shape index (κ3) is 3.51. The Morgan fingerprint density at radius 3 is 2.69 bits per heavy atom. The van der Waals surface area contributed by atoms with E-state index in [0.717, 1.165) is 38.0 Å². The van der Waals surface area contributed by atoms with Crippen molar-refractivity contribution < 1.29 is 14.0 Å². The second-order valence-corrected chi connectivity index (χ2v) is 8.78. The number of amides is 1. The summed E-state index contributed by atoms with van der Waals surface area (Å²) in [5, 5.41) is 3.15. The molecule has 0 spiro atoms. The molecule has 3 aliphatic heterocycles. The van der Waals surface area contributed by atoms with E-state index in [1.54, 1.807) is 12.1 Å². The number of carbonyl (C=O) groups excluding carboxylic acids is 2. The van der Waals surface area contributed by atoms with Crippen LogP contribution in [0.1, 0.15) is 33.8 Å². The monoisotopic (exact) mass is 413 g/mol. The number of nitrogens with zero attached hydrogens (tertiary/aromatic N) is 1. The Morgan fingerprint density at radius 2 is 2.00 bits per heavy atom. The fourth-order valence-corrected chi connectivity index (χ4v) is 4.75. The van der Waals surface area contributed by atoms with Crippen molar-refractivity contribution in [2.24, 2.45) is 5.92 Å². The van der Waals surface area contributed by atoms with Crippen molar-refractivity contribution >= 4 is 26.2 Å². The van der Waals surface area contributed by atoms with E-state index in [-0.39, 0.29) is 32.3 Å². The Hall–Kier alpha value is -1.84. The molecular formula is C20H22AsN2O3. The molecular weight excluding hydrogens is 391 g/mol. The first kappa shape index (κ1) is 17.6. The van der Waals surface area contributed by atoms with Crippen LogP contribution in [0.3, 0.4) is 0 Å². The topological polar surface area (TPSA) is 62.6 Å². The van der Waals surface area contributed by atoms with Gasteiger partial charge < -0.3 is 0 Å². The molecule has 3 saturated heterocycles. The zero-order chi connectivity index (χ0) is 18.1. The molecule has 3 aliphatic rings. The van der Waals surface area contributed by atoms with E-state index in [1.165, 1.54) is 0 Å². The summed E-state index contributed by atoms with van der Waals surface area (Å²) in [6, 6.07) is 11.2. The normalized spacial score (nSPS) is 24.9. The summed E-state index contributed by atoms with van der Waals surface area (Å²) in [6.07, 6.45) is 2.32. The van der Waals surface area contributed by atoms with Crippen LogP contribution in [0.2, 0.25) is 5.71 Å². The average molecular weight is 413 g/mol. The summed E-state index contributed by atoms with van der Waals surface area (Å²) in [4.78, 5) is 26.9. The van der Waals surface area contributed by atoms with E-state index in [4.69, 9.17) is 4.42 Å². The molecule has 1 aromatic carbocycles. The van der Waals surface area contributed by atoms with Gasteiger partial charge in [-0.15, -0.1) is 0 Å². The standard InChI is InChI=1S/C20H22AsN2O3/c1-21-19(24)15-4-2-3-14(11-15)17-5-6-18(26-17)20(25)22-16-12-23-9-7-13(16)8-10-23/h2-6,11,13,16H,7-10,12H2,1H3,(H,22,25)/t16-/m0/s1. The van der Waals surface area contributed by atoms with Gasteiger partial charge in [-0.1, -0.05) is 0 Å². The number of piperidine rings is 3. The number of fused-ring (bicyclic) bond motifs is 3. The Labute approximate surface area is 159 Å². The fraction of sp³-hybridized carbons (Fsp3) is 0.400. The molecule has 26 heavy (non-hydrogen) atoms. The van der Waals surface area contributed by atoms with E-state index in [2.05, 4.69) is 10.2 Å². The quantitative estimate of drug-likeness (QED) is 0.766. The minimum atomic E-state index is -0.334. The van der Waals surface area contributed by atoms with Crippen LogP contribution in [0, 0.1) is 5.92 Å². The van der Waals surface area contributed by atoms with Gasteiger partial charge >= 0.3 is 147 Å². The molecule has 135 valence electrons. The van der Waals surface area contributed by atoms with E-state index < -0.39 is 0 Å². The van der Waals surface area contributed by atoms with Crippen LogP contribution in [0.25, 0.3) is 11.3 Å².